The Bertz CT molecular complexity index is 589. The number of H-pyrrole nitrogens is 1. The highest BCUT2D eigenvalue weighted by Crippen LogP contribution is 2.22. The number of nitrogens with zero attached hydrogens (tertiary/aromatic N) is 1. The number of rotatable bonds is 4. The van der Waals surface area contributed by atoms with Crippen LogP contribution in [0.25, 0.3) is 0 Å². The van der Waals surface area contributed by atoms with E-state index in [1.807, 2.05) is 20.0 Å². The van der Waals surface area contributed by atoms with E-state index in [-0.39, 0.29) is 17.8 Å². The van der Waals surface area contributed by atoms with Crippen LogP contribution in [0.5, 0.6) is 0 Å². The number of aromatic amines is 1. The van der Waals surface area contributed by atoms with E-state index in [4.69, 9.17) is 0 Å². The summed E-state index contributed by atoms with van der Waals surface area (Å²) in [7, 11) is 1.77. The van der Waals surface area contributed by atoms with Crippen molar-refractivity contribution >= 4 is 5.91 Å². The highest BCUT2D eigenvalue weighted by Gasteiger charge is 2.21. The Morgan fingerprint density at radius 2 is 1.95 bits per heavy atom. The second-order valence-corrected chi connectivity index (χ2v) is 4.89. The molecule has 0 fully saturated rings. The summed E-state index contributed by atoms with van der Waals surface area (Å²) in [6.45, 7) is 3.95. The molecular formula is C16H19FN2O. The second kappa shape index (κ2) is 5.90. The van der Waals surface area contributed by atoms with Crippen LogP contribution >= 0.6 is 0 Å². The lowest BCUT2D eigenvalue weighted by Gasteiger charge is -2.25. The van der Waals surface area contributed by atoms with Crippen molar-refractivity contribution in [2.45, 2.75) is 26.3 Å². The molecular weight excluding hydrogens is 255 g/mol. The standard InChI is InChI=1S/C16H19FN2O/c1-4-12-9-18-10-15(12)16(20)19(3)11(2)13-5-7-14(17)8-6-13/h5-11,18H,4H2,1-3H3. The highest BCUT2D eigenvalue weighted by molar-refractivity contribution is 5.95. The summed E-state index contributed by atoms with van der Waals surface area (Å²) in [5.41, 5.74) is 2.62. The van der Waals surface area contributed by atoms with Crippen molar-refractivity contribution in [3.63, 3.8) is 0 Å². The molecule has 1 heterocycles. The minimum Gasteiger partial charge on any atom is -0.367 e. The Balaban J connectivity index is 2.20. The molecule has 0 saturated carbocycles. The highest BCUT2D eigenvalue weighted by atomic mass is 19.1. The zero-order chi connectivity index (χ0) is 14.7. The fourth-order valence-electron chi connectivity index (χ4n) is 2.22. The third-order valence-corrected chi connectivity index (χ3v) is 3.70. The number of carbonyl (C=O) groups excluding carboxylic acids is 1. The van der Waals surface area contributed by atoms with E-state index in [9.17, 15) is 9.18 Å². The molecule has 2 rings (SSSR count). The third-order valence-electron chi connectivity index (χ3n) is 3.70. The van der Waals surface area contributed by atoms with Crippen molar-refractivity contribution in [2.75, 3.05) is 7.05 Å². The molecule has 4 heteroatoms. The van der Waals surface area contributed by atoms with Gasteiger partial charge in [-0.2, -0.15) is 0 Å². The van der Waals surface area contributed by atoms with Gasteiger partial charge in [0.1, 0.15) is 5.82 Å². The number of carbonyl (C=O) groups is 1. The van der Waals surface area contributed by atoms with Crippen LogP contribution in [0.15, 0.2) is 36.7 Å². The van der Waals surface area contributed by atoms with Crippen molar-refractivity contribution in [1.82, 2.24) is 9.88 Å². The van der Waals surface area contributed by atoms with Gasteiger partial charge < -0.3 is 9.88 Å². The predicted octanol–water partition coefficient (Wildman–Crippen LogP) is 3.55. The average Bonchev–Trinajstić information content (AvgIpc) is 2.94. The van der Waals surface area contributed by atoms with E-state index in [1.54, 1.807) is 30.3 Å². The minimum atomic E-state index is -0.270. The molecule has 0 aliphatic heterocycles. The van der Waals surface area contributed by atoms with Crippen molar-refractivity contribution in [2.24, 2.45) is 0 Å². The maximum atomic E-state index is 12.9. The van der Waals surface area contributed by atoms with Crippen LogP contribution in [0.3, 0.4) is 0 Å². The lowest BCUT2D eigenvalue weighted by Crippen LogP contribution is -2.30. The molecule has 0 saturated heterocycles. The molecule has 2 aromatic rings. The first kappa shape index (κ1) is 14.3. The molecule has 0 spiro atoms. The van der Waals surface area contributed by atoms with E-state index < -0.39 is 0 Å². The predicted molar refractivity (Wildman–Crippen MR) is 77.1 cm³/mol. The average molecular weight is 274 g/mol. The van der Waals surface area contributed by atoms with Crippen LogP contribution in [0, 0.1) is 5.82 Å². The number of aromatic nitrogens is 1. The second-order valence-electron chi connectivity index (χ2n) is 4.89. The molecule has 1 aromatic heterocycles. The Morgan fingerprint density at radius 3 is 2.55 bits per heavy atom. The lowest BCUT2D eigenvalue weighted by molar-refractivity contribution is 0.0742. The number of benzene rings is 1. The molecule has 0 aliphatic carbocycles. The summed E-state index contributed by atoms with van der Waals surface area (Å²) < 4.78 is 12.9. The maximum Gasteiger partial charge on any atom is 0.255 e. The molecule has 1 unspecified atom stereocenters. The van der Waals surface area contributed by atoms with Gasteiger partial charge in [-0.1, -0.05) is 19.1 Å². The molecule has 1 N–H and O–H groups in total. The van der Waals surface area contributed by atoms with Crippen molar-refractivity contribution < 1.29 is 9.18 Å². The van der Waals surface area contributed by atoms with Gasteiger partial charge >= 0.3 is 0 Å². The Morgan fingerprint density at radius 1 is 1.30 bits per heavy atom. The van der Waals surface area contributed by atoms with E-state index in [1.165, 1.54) is 12.1 Å². The topological polar surface area (TPSA) is 36.1 Å². The molecule has 0 bridgehead atoms. The zero-order valence-electron chi connectivity index (χ0n) is 12.0. The molecule has 1 amide bonds. The minimum absolute atomic E-state index is 0.0278. The molecule has 0 radical (unpaired) electrons. The maximum absolute atomic E-state index is 12.9. The summed E-state index contributed by atoms with van der Waals surface area (Å²) in [5, 5.41) is 0. The summed E-state index contributed by atoms with van der Waals surface area (Å²) in [6.07, 6.45) is 4.39. The fourth-order valence-corrected chi connectivity index (χ4v) is 2.22. The molecule has 1 atom stereocenters. The van der Waals surface area contributed by atoms with E-state index in [0.29, 0.717) is 5.56 Å². The first-order valence-corrected chi connectivity index (χ1v) is 6.72. The van der Waals surface area contributed by atoms with E-state index >= 15 is 0 Å². The van der Waals surface area contributed by atoms with Gasteiger partial charge in [-0.05, 0) is 36.6 Å². The monoisotopic (exact) mass is 274 g/mol. The molecule has 3 nitrogen and oxygen atoms in total. The van der Waals surface area contributed by atoms with Crippen LogP contribution in [0.4, 0.5) is 4.39 Å². The van der Waals surface area contributed by atoms with Gasteiger partial charge in [0.05, 0.1) is 11.6 Å². The van der Waals surface area contributed by atoms with Gasteiger partial charge in [-0.3, -0.25) is 4.79 Å². The van der Waals surface area contributed by atoms with Crippen LogP contribution in [-0.4, -0.2) is 22.8 Å². The van der Waals surface area contributed by atoms with E-state index in [2.05, 4.69) is 4.98 Å². The number of nitrogens with one attached hydrogen (secondary N) is 1. The lowest BCUT2D eigenvalue weighted by atomic mass is 10.1. The van der Waals surface area contributed by atoms with Crippen molar-refractivity contribution in [3.05, 3.63) is 59.2 Å². The summed E-state index contributed by atoms with van der Waals surface area (Å²) in [6, 6.07) is 6.14. The van der Waals surface area contributed by atoms with Gasteiger partial charge in [0.25, 0.3) is 5.91 Å². The first-order valence-electron chi connectivity index (χ1n) is 6.72. The normalized spacial score (nSPS) is 12.2. The number of aryl methyl sites for hydroxylation is 1. The number of hydrogen-bond donors (Lipinski definition) is 1. The largest absolute Gasteiger partial charge is 0.367 e. The first-order chi connectivity index (χ1) is 9.54. The molecule has 106 valence electrons. The zero-order valence-corrected chi connectivity index (χ0v) is 12.0. The van der Waals surface area contributed by atoms with Crippen molar-refractivity contribution in [1.29, 1.82) is 0 Å². The van der Waals surface area contributed by atoms with E-state index in [0.717, 1.165) is 17.5 Å². The Hall–Kier alpha value is -2.10. The van der Waals surface area contributed by atoms with Crippen LogP contribution in [0.2, 0.25) is 0 Å². The van der Waals surface area contributed by atoms with Crippen molar-refractivity contribution in [3.8, 4) is 0 Å². The molecule has 0 aliphatic rings. The van der Waals surface area contributed by atoms with Crippen LogP contribution in [0.1, 0.15) is 41.4 Å². The van der Waals surface area contributed by atoms with Gasteiger partial charge in [-0.25, -0.2) is 4.39 Å². The van der Waals surface area contributed by atoms with Gasteiger partial charge in [0, 0.05) is 19.4 Å². The summed E-state index contributed by atoms with van der Waals surface area (Å²) >= 11 is 0. The summed E-state index contributed by atoms with van der Waals surface area (Å²) in [4.78, 5) is 17.1. The Kier molecular flexibility index (Phi) is 4.23. The molecule has 20 heavy (non-hydrogen) atoms. The number of halogens is 1. The third kappa shape index (κ3) is 2.74. The smallest absolute Gasteiger partial charge is 0.255 e. The van der Waals surface area contributed by atoms with Crippen LogP contribution < -0.4 is 0 Å². The summed E-state index contributed by atoms with van der Waals surface area (Å²) in [5.74, 6) is -0.297. The Labute approximate surface area is 118 Å². The quantitative estimate of drug-likeness (QED) is 0.909. The van der Waals surface area contributed by atoms with Gasteiger partial charge in [0.2, 0.25) is 0 Å². The fraction of sp³-hybridized carbons (Fsp3) is 0.312. The molecule has 1 aromatic carbocycles. The van der Waals surface area contributed by atoms with Gasteiger partial charge in [0.15, 0.2) is 0 Å². The number of amides is 1. The van der Waals surface area contributed by atoms with Crippen LogP contribution in [-0.2, 0) is 6.42 Å². The number of hydrogen-bond acceptors (Lipinski definition) is 1. The SMILES string of the molecule is CCc1c[nH]cc1C(=O)N(C)C(C)c1ccc(F)cc1. The van der Waals surface area contributed by atoms with Gasteiger partial charge in [-0.15, -0.1) is 0 Å².